The van der Waals surface area contributed by atoms with Crippen molar-refractivity contribution in [1.82, 2.24) is 5.32 Å². The first-order valence-electron chi connectivity index (χ1n) is 9.77. The van der Waals surface area contributed by atoms with E-state index in [1.165, 1.54) is 5.56 Å². The molecule has 4 rings (SSSR count). The van der Waals surface area contributed by atoms with E-state index < -0.39 is 0 Å². The number of hydrogen-bond acceptors (Lipinski definition) is 6. The molecule has 1 aliphatic rings. The normalized spacial score (nSPS) is 14.5. The highest BCUT2D eigenvalue weighted by Crippen LogP contribution is 2.28. The van der Waals surface area contributed by atoms with Crippen molar-refractivity contribution >= 4 is 40.4 Å². The number of rotatable bonds is 7. The number of nitrogen functional groups attached to an aromatic ring is 1. The Labute approximate surface area is 184 Å². The molecule has 2 amide bonds. The molecule has 1 fully saturated rings. The maximum absolute atomic E-state index is 11.7. The summed E-state index contributed by atoms with van der Waals surface area (Å²) in [5.74, 6) is 1.22. The predicted octanol–water partition coefficient (Wildman–Crippen LogP) is 5.04. The summed E-state index contributed by atoms with van der Waals surface area (Å²) in [6, 6.07) is 23.1. The van der Waals surface area contributed by atoms with Crippen LogP contribution < -0.4 is 21.1 Å². The topological polar surface area (TPSA) is 93.5 Å². The maximum Gasteiger partial charge on any atom is 0.290 e. The largest absolute Gasteiger partial charge is 0.457 e. The summed E-state index contributed by atoms with van der Waals surface area (Å²) in [5, 5.41) is 5.24. The second-order valence-electron chi connectivity index (χ2n) is 6.93. The highest BCUT2D eigenvalue weighted by atomic mass is 32.2. The molecule has 6 nitrogen and oxygen atoms in total. The number of imide groups is 1. The number of carbonyl (C=O) groups excluding carboxylic acids is 2. The van der Waals surface area contributed by atoms with Gasteiger partial charge in [-0.1, -0.05) is 36.4 Å². The number of para-hydroxylation sites is 1. The molecule has 3 aromatic rings. The lowest BCUT2D eigenvalue weighted by Gasteiger charge is -2.11. The summed E-state index contributed by atoms with van der Waals surface area (Å²) >= 11 is 0.895. The Morgan fingerprint density at radius 1 is 0.968 bits per heavy atom. The molecule has 1 heterocycles. The van der Waals surface area contributed by atoms with Crippen LogP contribution in [0, 0.1) is 0 Å². The Morgan fingerprint density at radius 2 is 1.71 bits per heavy atom. The lowest BCUT2D eigenvalue weighted by Crippen LogP contribution is -2.17. The summed E-state index contributed by atoms with van der Waals surface area (Å²) in [6.07, 6.45) is 2.49. The zero-order valence-electron chi connectivity index (χ0n) is 16.6. The van der Waals surface area contributed by atoms with Gasteiger partial charge in [0.2, 0.25) is 0 Å². The van der Waals surface area contributed by atoms with E-state index in [4.69, 9.17) is 10.5 Å². The summed E-state index contributed by atoms with van der Waals surface area (Å²) in [6.45, 7) is 0.691. The van der Waals surface area contributed by atoms with Crippen LogP contribution in [0.2, 0.25) is 0 Å². The second kappa shape index (κ2) is 9.40. The van der Waals surface area contributed by atoms with Gasteiger partial charge in [0.1, 0.15) is 11.5 Å². The molecule has 0 radical (unpaired) electrons. The van der Waals surface area contributed by atoms with Crippen molar-refractivity contribution in [3.05, 3.63) is 88.8 Å². The van der Waals surface area contributed by atoms with Gasteiger partial charge in [0.15, 0.2) is 0 Å². The number of benzene rings is 3. The Balaban J connectivity index is 1.34. The number of amides is 2. The molecule has 0 atom stereocenters. The number of carbonyl (C=O) groups is 2. The third-order valence-electron chi connectivity index (χ3n) is 4.65. The molecule has 0 aliphatic carbocycles. The molecule has 31 heavy (non-hydrogen) atoms. The van der Waals surface area contributed by atoms with E-state index >= 15 is 0 Å². The van der Waals surface area contributed by atoms with Crippen LogP contribution in [0.15, 0.2) is 77.7 Å². The molecule has 0 saturated carbocycles. The summed E-state index contributed by atoms with van der Waals surface area (Å²) < 4.78 is 5.82. The van der Waals surface area contributed by atoms with Crippen LogP contribution in [-0.4, -0.2) is 17.7 Å². The second-order valence-corrected chi connectivity index (χ2v) is 7.95. The number of anilines is 2. The minimum absolute atomic E-state index is 0.356. The Kier molecular flexibility index (Phi) is 6.24. The zero-order chi connectivity index (χ0) is 21.6. The molecule has 4 N–H and O–H groups in total. The predicted molar refractivity (Wildman–Crippen MR) is 125 cm³/mol. The van der Waals surface area contributed by atoms with Crippen molar-refractivity contribution in [2.24, 2.45) is 0 Å². The molecular weight excluding hydrogens is 410 g/mol. The van der Waals surface area contributed by atoms with E-state index in [2.05, 4.69) is 10.6 Å². The van der Waals surface area contributed by atoms with Crippen molar-refractivity contribution in [1.29, 1.82) is 0 Å². The van der Waals surface area contributed by atoms with Crippen LogP contribution in [0.1, 0.15) is 11.1 Å². The quantitative estimate of drug-likeness (QED) is 0.358. The summed E-state index contributed by atoms with van der Waals surface area (Å²) in [7, 11) is 0. The lowest BCUT2D eigenvalue weighted by molar-refractivity contribution is -0.115. The minimum Gasteiger partial charge on any atom is -0.457 e. The Hall–Kier alpha value is -3.71. The van der Waals surface area contributed by atoms with Gasteiger partial charge in [0.25, 0.3) is 11.1 Å². The van der Waals surface area contributed by atoms with Gasteiger partial charge < -0.3 is 15.8 Å². The van der Waals surface area contributed by atoms with Crippen LogP contribution in [0.4, 0.5) is 16.2 Å². The maximum atomic E-state index is 11.7. The van der Waals surface area contributed by atoms with Crippen LogP contribution in [-0.2, 0) is 11.2 Å². The van der Waals surface area contributed by atoms with Gasteiger partial charge in [-0.15, -0.1) is 0 Å². The molecule has 7 heteroatoms. The van der Waals surface area contributed by atoms with E-state index in [1.54, 1.807) is 12.1 Å². The van der Waals surface area contributed by atoms with E-state index in [-0.39, 0.29) is 11.1 Å². The van der Waals surface area contributed by atoms with E-state index in [0.717, 1.165) is 40.9 Å². The van der Waals surface area contributed by atoms with Gasteiger partial charge in [-0.3, -0.25) is 14.9 Å². The monoisotopic (exact) mass is 431 g/mol. The number of ether oxygens (including phenoxy) is 1. The van der Waals surface area contributed by atoms with Gasteiger partial charge >= 0.3 is 0 Å². The first kappa shape index (κ1) is 20.6. The third kappa shape index (κ3) is 5.46. The lowest BCUT2D eigenvalue weighted by atomic mass is 10.1. The first-order chi connectivity index (χ1) is 15.1. The van der Waals surface area contributed by atoms with Gasteiger partial charge in [0, 0.05) is 6.54 Å². The van der Waals surface area contributed by atoms with Gasteiger partial charge in [0.05, 0.1) is 16.3 Å². The summed E-state index contributed by atoms with van der Waals surface area (Å²) in [4.78, 5) is 23.4. The van der Waals surface area contributed by atoms with Crippen molar-refractivity contribution in [3.8, 4) is 11.5 Å². The highest BCUT2D eigenvalue weighted by molar-refractivity contribution is 8.18. The zero-order valence-corrected chi connectivity index (χ0v) is 17.4. The first-order valence-corrected chi connectivity index (χ1v) is 10.6. The van der Waals surface area contributed by atoms with Crippen molar-refractivity contribution in [3.63, 3.8) is 0 Å². The van der Waals surface area contributed by atoms with E-state index in [1.807, 2.05) is 66.7 Å². The Bertz CT molecular complexity index is 1130. The molecule has 0 unspecified atom stereocenters. The average Bonchev–Trinajstić information content (AvgIpc) is 3.09. The van der Waals surface area contributed by atoms with Gasteiger partial charge in [-0.2, -0.15) is 0 Å². The fraction of sp³-hybridized carbons (Fsp3) is 0.0833. The molecule has 1 saturated heterocycles. The number of nitrogens with one attached hydrogen (secondary N) is 2. The number of hydrogen-bond donors (Lipinski definition) is 3. The number of thioether (sulfide) groups is 1. The van der Waals surface area contributed by atoms with E-state index in [9.17, 15) is 9.59 Å². The van der Waals surface area contributed by atoms with Crippen LogP contribution in [0.3, 0.4) is 0 Å². The van der Waals surface area contributed by atoms with Gasteiger partial charge in [-0.25, -0.2) is 0 Å². The van der Waals surface area contributed by atoms with E-state index in [0.29, 0.717) is 17.1 Å². The fourth-order valence-electron chi connectivity index (χ4n) is 3.08. The molecular formula is C24H21N3O3S. The molecule has 1 aliphatic heterocycles. The standard InChI is InChI=1S/C24H21N3O3S/c25-20-11-8-17(15-22-23(28)27-24(29)31-22)14-21(20)26-13-12-16-6-9-19(10-7-16)30-18-4-2-1-3-5-18/h1-11,14-15,26H,12-13,25H2,(H,27,28,29). The molecule has 156 valence electrons. The smallest absolute Gasteiger partial charge is 0.290 e. The SMILES string of the molecule is Nc1ccc(C=C2SC(=O)NC2=O)cc1NCCc1ccc(Oc2ccccc2)cc1. The molecule has 3 aromatic carbocycles. The van der Waals surface area contributed by atoms with Gasteiger partial charge in [-0.05, 0) is 71.8 Å². The van der Waals surface area contributed by atoms with Crippen molar-refractivity contribution < 1.29 is 14.3 Å². The minimum atomic E-state index is -0.374. The molecule has 0 aromatic heterocycles. The summed E-state index contributed by atoms with van der Waals surface area (Å²) in [5.41, 5.74) is 9.45. The van der Waals surface area contributed by atoms with Crippen LogP contribution in [0.5, 0.6) is 11.5 Å². The molecule has 0 spiro atoms. The average molecular weight is 432 g/mol. The van der Waals surface area contributed by atoms with Crippen molar-refractivity contribution in [2.75, 3.05) is 17.6 Å². The fourth-order valence-corrected chi connectivity index (χ4v) is 3.76. The Morgan fingerprint density at radius 3 is 2.42 bits per heavy atom. The highest BCUT2D eigenvalue weighted by Gasteiger charge is 2.24. The van der Waals surface area contributed by atoms with Crippen molar-refractivity contribution in [2.45, 2.75) is 6.42 Å². The molecule has 0 bridgehead atoms. The third-order valence-corrected chi connectivity index (χ3v) is 5.46. The number of nitrogens with two attached hydrogens (primary N) is 1. The van der Waals surface area contributed by atoms with Crippen LogP contribution in [0.25, 0.3) is 6.08 Å². The van der Waals surface area contributed by atoms with Crippen LogP contribution >= 0.6 is 11.8 Å².